The fraction of sp³-hybridized carbons (Fsp3) is 0.316. The Bertz CT molecular complexity index is 1040. The second kappa shape index (κ2) is 7.13. The summed E-state index contributed by atoms with van der Waals surface area (Å²) in [7, 11) is -3.65. The van der Waals surface area contributed by atoms with Crippen molar-refractivity contribution < 1.29 is 8.42 Å². The van der Waals surface area contributed by atoms with E-state index in [2.05, 4.69) is 9.71 Å². The normalized spacial score (nSPS) is 11.7. The summed E-state index contributed by atoms with van der Waals surface area (Å²) < 4.78 is 28.9. The minimum absolute atomic E-state index is 0.327. The summed E-state index contributed by atoms with van der Waals surface area (Å²) in [6.45, 7) is 9.78. The van der Waals surface area contributed by atoms with E-state index >= 15 is 0 Å². The molecule has 0 saturated heterocycles. The highest BCUT2D eigenvalue weighted by Gasteiger charge is 2.23. The second-order valence-electron chi connectivity index (χ2n) is 6.26. The summed E-state index contributed by atoms with van der Waals surface area (Å²) in [5.74, 6) is 0. The quantitative estimate of drug-likeness (QED) is 0.611. The van der Waals surface area contributed by atoms with Gasteiger partial charge in [-0.3, -0.25) is 4.72 Å². The van der Waals surface area contributed by atoms with Crippen LogP contribution < -0.4 is 4.72 Å². The van der Waals surface area contributed by atoms with E-state index in [1.807, 2.05) is 52.8 Å². The molecule has 3 aromatic rings. The van der Waals surface area contributed by atoms with E-state index in [0.29, 0.717) is 10.6 Å². The topological polar surface area (TPSA) is 59.1 Å². The average molecular weight is 407 g/mol. The van der Waals surface area contributed by atoms with Gasteiger partial charge in [-0.05, 0) is 51.3 Å². The summed E-state index contributed by atoms with van der Waals surface area (Å²) in [4.78, 5) is 7.70. The first-order valence-electron chi connectivity index (χ1n) is 8.39. The number of thiophene rings is 1. The third kappa shape index (κ3) is 3.56. The van der Waals surface area contributed by atoms with Crippen molar-refractivity contribution in [2.75, 3.05) is 4.72 Å². The van der Waals surface area contributed by atoms with Crippen molar-refractivity contribution in [1.29, 1.82) is 0 Å². The van der Waals surface area contributed by atoms with E-state index in [0.717, 1.165) is 42.9 Å². The Labute approximate surface area is 163 Å². The molecular formula is C19H22N2O2S3. The number of thiazole rings is 1. The molecule has 0 unspecified atom stereocenters. The number of anilines is 1. The van der Waals surface area contributed by atoms with Crippen LogP contribution in [0.3, 0.4) is 0 Å². The van der Waals surface area contributed by atoms with Gasteiger partial charge in [0.05, 0.1) is 16.3 Å². The zero-order valence-corrected chi connectivity index (χ0v) is 18.0. The number of aromatic nitrogens is 1. The Morgan fingerprint density at radius 3 is 2.42 bits per heavy atom. The number of hydrogen-bond donors (Lipinski definition) is 1. The molecule has 138 valence electrons. The lowest BCUT2D eigenvalue weighted by molar-refractivity contribution is 0.601. The van der Waals surface area contributed by atoms with E-state index in [1.54, 1.807) is 17.4 Å². The van der Waals surface area contributed by atoms with Crippen LogP contribution in [0.15, 0.2) is 29.2 Å². The molecule has 26 heavy (non-hydrogen) atoms. The van der Waals surface area contributed by atoms with Crippen molar-refractivity contribution >= 4 is 38.4 Å². The predicted molar refractivity (Wildman–Crippen MR) is 111 cm³/mol. The molecule has 2 heterocycles. The summed E-state index contributed by atoms with van der Waals surface area (Å²) in [5.41, 5.74) is 3.59. The minimum Gasteiger partial charge on any atom is -0.279 e. The van der Waals surface area contributed by atoms with Crippen LogP contribution in [0.2, 0.25) is 0 Å². The maximum Gasteiger partial charge on any atom is 0.263 e. The number of benzene rings is 1. The average Bonchev–Trinajstić information content (AvgIpc) is 3.13. The van der Waals surface area contributed by atoms with E-state index in [-0.39, 0.29) is 0 Å². The fourth-order valence-corrected chi connectivity index (χ4v) is 6.50. The number of nitrogens with zero attached hydrogens (tertiary/aromatic N) is 1. The molecule has 0 radical (unpaired) electrons. The Hall–Kier alpha value is -1.70. The molecule has 0 aliphatic carbocycles. The van der Waals surface area contributed by atoms with Crippen LogP contribution >= 0.6 is 22.7 Å². The van der Waals surface area contributed by atoms with Crippen molar-refractivity contribution in [2.45, 2.75) is 45.9 Å². The van der Waals surface area contributed by atoms with Gasteiger partial charge >= 0.3 is 0 Å². The maximum absolute atomic E-state index is 13.0. The lowest BCUT2D eigenvalue weighted by Crippen LogP contribution is -2.15. The van der Waals surface area contributed by atoms with E-state index in [4.69, 9.17) is 0 Å². The first kappa shape index (κ1) is 19.1. The van der Waals surface area contributed by atoms with Gasteiger partial charge in [0.2, 0.25) is 0 Å². The molecular weight excluding hydrogens is 384 g/mol. The smallest absolute Gasteiger partial charge is 0.263 e. The van der Waals surface area contributed by atoms with Crippen LogP contribution in [0, 0.1) is 27.7 Å². The van der Waals surface area contributed by atoms with Crippen molar-refractivity contribution in [3.05, 3.63) is 50.8 Å². The summed E-state index contributed by atoms with van der Waals surface area (Å²) in [5, 5.41) is 0.875. The molecule has 0 aliphatic heterocycles. The van der Waals surface area contributed by atoms with E-state index < -0.39 is 10.0 Å². The molecule has 0 atom stereocenters. The Kier molecular flexibility index (Phi) is 5.23. The first-order valence-corrected chi connectivity index (χ1v) is 11.5. The predicted octanol–water partition coefficient (Wildman–Crippen LogP) is 5.47. The molecule has 0 amide bonds. The third-order valence-electron chi connectivity index (χ3n) is 4.38. The molecule has 1 N–H and O–H groups in total. The lowest BCUT2D eigenvalue weighted by atomic mass is 10.1. The lowest BCUT2D eigenvalue weighted by Gasteiger charge is -2.14. The van der Waals surface area contributed by atoms with Crippen LogP contribution in [0.4, 0.5) is 5.69 Å². The van der Waals surface area contributed by atoms with Gasteiger partial charge in [0.25, 0.3) is 10.0 Å². The highest BCUT2D eigenvalue weighted by atomic mass is 32.2. The Balaban J connectivity index is 2.01. The molecule has 0 spiro atoms. The first-order chi connectivity index (χ1) is 12.2. The molecule has 3 rings (SSSR count). The van der Waals surface area contributed by atoms with Gasteiger partial charge in [-0.1, -0.05) is 25.1 Å². The standard InChI is InChI=1S/C19H22N2O2S3/c1-6-15-9-7-8-11(2)18(15)21-26(22,23)17-10-16(24-14(17)5)19-20-12(3)13(4)25-19/h7-10,21H,6H2,1-5H3. The SMILES string of the molecule is CCc1cccc(C)c1NS(=O)(=O)c1cc(-c2nc(C)c(C)s2)sc1C. The van der Waals surface area contributed by atoms with Gasteiger partial charge in [-0.25, -0.2) is 13.4 Å². The van der Waals surface area contributed by atoms with Gasteiger partial charge in [-0.2, -0.15) is 0 Å². The van der Waals surface area contributed by atoms with Gasteiger partial charge in [0.1, 0.15) is 9.90 Å². The highest BCUT2D eigenvalue weighted by Crippen LogP contribution is 2.37. The van der Waals surface area contributed by atoms with Gasteiger partial charge in [-0.15, -0.1) is 22.7 Å². The Morgan fingerprint density at radius 1 is 1.08 bits per heavy atom. The molecule has 7 heteroatoms. The monoisotopic (exact) mass is 406 g/mol. The second-order valence-corrected chi connectivity index (χ2v) is 10.4. The fourth-order valence-electron chi connectivity index (χ4n) is 2.77. The summed E-state index contributed by atoms with van der Waals surface area (Å²) in [6, 6.07) is 7.57. The van der Waals surface area contributed by atoms with Crippen molar-refractivity contribution in [1.82, 2.24) is 4.98 Å². The number of aryl methyl sites for hydroxylation is 5. The Morgan fingerprint density at radius 2 is 1.81 bits per heavy atom. The molecule has 0 bridgehead atoms. The van der Waals surface area contributed by atoms with Crippen LogP contribution in [0.1, 0.15) is 33.5 Å². The molecule has 1 aromatic carbocycles. The number of hydrogen-bond acceptors (Lipinski definition) is 5. The zero-order valence-electron chi connectivity index (χ0n) is 15.5. The van der Waals surface area contributed by atoms with Gasteiger partial charge in [0, 0.05) is 9.75 Å². The third-order valence-corrected chi connectivity index (χ3v) is 8.28. The largest absolute Gasteiger partial charge is 0.279 e. The van der Waals surface area contributed by atoms with Crippen LogP contribution in [0.5, 0.6) is 0 Å². The molecule has 4 nitrogen and oxygen atoms in total. The van der Waals surface area contributed by atoms with Crippen molar-refractivity contribution in [3.63, 3.8) is 0 Å². The highest BCUT2D eigenvalue weighted by molar-refractivity contribution is 7.93. The summed E-state index contributed by atoms with van der Waals surface area (Å²) >= 11 is 3.07. The molecule has 0 saturated carbocycles. The van der Waals surface area contributed by atoms with Crippen molar-refractivity contribution in [2.24, 2.45) is 0 Å². The molecule has 2 aromatic heterocycles. The maximum atomic E-state index is 13.0. The number of sulfonamides is 1. The number of para-hydroxylation sites is 1. The number of nitrogens with one attached hydrogen (secondary N) is 1. The molecule has 0 fully saturated rings. The van der Waals surface area contributed by atoms with Crippen LogP contribution in [-0.4, -0.2) is 13.4 Å². The molecule has 0 aliphatic rings. The number of rotatable bonds is 5. The van der Waals surface area contributed by atoms with Crippen LogP contribution in [-0.2, 0) is 16.4 Å². The van der Waals surface area contributed by atoms with Gasteiger partial charge in [0.15, 0.2) is 0 Å². The summed E-state index contributed by atoms with van der Waals surface area (Å²) in [6.07, 6.45) is 0.769. The van der Waals surface area contributed by atoms with E-state index in [9.17, 15) is 8.42 Å². The van der Waals surface area contributed by atoms with E-state index in [1.165, 1.54) is 11.3 Å². The minimum atomic E-state index is -3.65. The van der Waals surface area contributed by atoms with Crippen molar-refractivity contribution in [3.8, 4) is 9.88 Å². The van der Waals surface area contributed by atoms with Gasteiger partial charge < -0.3 is 0 Å². The van der Waals surface area contributed by atoms with Crippen LogP contribution in [0.25, 0.3) is 9.88 Å². The zero-order chi connectivity index (χ0) is 19.1.